The molecule has 1 heterocycles. The molecule has 4 rings (SSSR count). The normalized spacial score (nSPS) is 28.2. The lowest BCUT2D eigenvalue weighted by Crippen LogP contribution is -2.48. The van der Waals surface area contributed by atoms with Crippen LogP contribution in [0.5, 0.6) is 0 Å². The summed E-state index contributed by atoms with van der Waals surface area (Å²) in [5.74, 6) is 2.36. The Bertz CT molecular complexity index is 796. The van der Waals surface area contributed by atoms with Crippen molar-refractivity contribution in [3.63, 3.8) is 0 Å². The molecule has 1 saturated heterocycles. The maximum absolute atomic E-state index is 12.1. The van der Waals surface area contributed by atoms with Gasteiger partial charge in [0.25, 0.3) is 0 Å². The molecule has 0 radical (unpaired) electrons. The van der Waals surface area contributed by atoms with E-state index in [2.05, 4.69) is 39.8 Å². The average molecular weight is 428 g/mol. The van der Waals surface area contributed by atoms with Gasteiger partial charge in [0.15, 0.2) is 5.96 Å². The van der Waals surface area contributed by atoms with Crippen LogP contribution in [0.4, 0.5) is 0 Å². The third-order valence-corrected chi connectivity index (χ3v) is 7.13. The molecule has 2 saturated carbocycles. The molecule has 7 nitrogen and oxygen atoms in total. The summed E-state index contributed by atoms with van der Waals surface area (Å²) in [6.07, 6.45) is 5.84. The van der Waals surface area contributed by atoms with Crippen molar-refractivity contribution in [2.75, 3.05) is 33.7 Å². The summed E-state index contributed by atoms with van der Waals surface area (Å²) < 4.78 is 0. The zero-order valence-electron chi connectivity index (χ0n) is 18.9. The first kappa shape index (κ1) is 22.1. The molecule has 4 atom stereocenters. The van der Waals surface area contributed by atoms with E-state index in [9.17, 15) is 9.90 Å². The molecule has 3 aliphatic rings. The Morgan fingerprint density at radius 1 is 1.19 bits per heavy atom. The molecule has 1 aromatic carbocycles. The zero-order valence-corrected chi connectivity index (χ0v) is 18.9. The lowest BCUT2D eigenvalue weighted by atomic mass is 9.95. The van der Waals surface area contributed by atoms with Crippen LogP contribution < -0.4 is 10.6 Å². The monoisotopic (exact) mass is 427 g/mol. The number of rotatable bonds is 7. The van der Waals surface area contributed by atoms with Crippen molar-refractivity contribution in [3.05, 3.63) is 35.4 Å². The van der Waals surface area contributed by atoms with E-state index < -0.39 is 0 Å². The van der Waals surface area contributed by atoms with Crippen LogP contribution in [0, 0.1) is 11.8 Å². The fourth-order valence-corrected chi connectivity index (χ4v) is 5.29. The average Bonchev–Trinajstić information content (AvgIpc) is 3.48. The van der Waals surface area contributed by atoms with Crippen molar-refractivity contribution in [1.29, 1.82) is 0 Å². The van der Waals surface area contributed by atoms with Gasteiger partial charge in [-0.05, 0) is 48.6 Å². The maximum atomic E-state index is 12.1. The second-order valence-corrected chi connectivity index (χ2v) is 9.68. The summed E-state index contributed by atoms with van der Waals surface area (Å²) in [6, 6.07) is 8.87. The number of guanidine groups is 1. The molecule has 170 valence electrons. The molecule has 2 aliphatic carbocycles. The Kier molecular flexibility index (Phi) is 7.13. The Morgan fingerprint density at radius 3 is 2.65 bits per heavy atom. The van der Waals surface area contributed by atoms with Crippen LogP contribution in [0.1, 0.15) is 43.2 Å². The number of fused-ring (bicyclic) bond motifs is 2. The predicted octanol–water partition coefficient (Wildman–Crippen LogP) is 1.57. The van der Waals surface area contributed by atoms with Crippen LogP contribution in [0.2, 0.25) is 0 Å². The minimum atomic E-state index is -0.207. The topological polar surface area (TPSA) is 80.2 Å². The second kappa shape index (κ2) is 10.0. The Balaban J connectivity index is 1.43. The van der Waals surface area contributed by atoms with Crippen LogP contribution in [-0.4, -0.2) is 72.6 Å². The third kappa shape index (κ3) is 5.77. The number of hydrogen-bond acceptors (Lipinski definition) is 4. The number of likely N-dealkylation sites (tertiary alicyclic amines) is 1. The van der Waals surface area contributed by atoms with Gasteiger partial charge in [-0.15, -0.1) is 0 Å². The lowest BCUT2D eigenvalue weighted by molar-refractivity contribution is -0.127. The van der Waals surface area contributed by atoms with Gasteiger partial charge < -0.3 is 20.6 Å². The Labute approximate surface area is 185 Å². The number of likely N-dealkylation sites (N-methyl/N-ethyl adjacent to an activating group) is 1. The van der Waals surface area contributed by atoms with Crippen molar-refractivity contribution in [2.24, 2.45) is 16.8 Å². The lowest BCUT2D eigenvalue weighted by Gasteiger charge is -2.25. The van der Waals surface area contributed by atoms with E-state index in [1.807, 2.05) is 0 Å². The molecule has 3 fully saturated rings. The molecule has 31 heavy (non-hydrogen) atoms. The largest absolute Gasteiger partial charge is 0.392 e. The van der Waals surface area contributed by atoms with Gasteiger partial charge in [0.05, 0.1) is 19.2 Å². The van der Waals surface area contributed by atoms with E-state index in [4.69, 9.17) is 4.99 Å². The molecule has 1 aliphatic heterocycles. The maximum Gasteiger partial charge on any atom is 0.241 e. The third-order valence-electron chi connectivity index (χ3n) is 7.13. The number of carbonyl (C=O) groups excluding carboxylic acids is 1. The summed E-state index contributed by atoms with van der Waals surface area (Å²) in [4.78, 5) is 20.9. The van der Waals surface area contributed by atoms with E-state index in [1.165, 1.54) is 36.8 Å². The van der Waals surface area contributed by atoms with Crippen LogP contribution >= 0.6 is 0 Å². The van der Waals surface area contributed by atoms with Crippen LogP contribution in [0.25, 0.3) is 0 Å². The highest BCUT2D eigenvalue weighted by Crippen LogP contribution is 2.44. The molecule has 7 heteroatoms. The molecule has 1 amide bonds. The van der Waals surface area contributed by atoms with E-state index >= 15 is 0 Å². The van der Waals surface area contributed by atoms with Crippen molar-refractivity contribution >= 4 is 11.9 Å². The molecular formula is C24H37N5O2. The summed E-state index contributed by atoms with van der Waals surface area (Å²) in [5, 5.41) is 16.7. The fourth-order valence-electron chi connectivity index (χ4n) is 5.29. The smallest absolute Gasteiger partial charge is 0.241 e. The number of nitrogens with zero attached hydrogens (tertiary/aromatic N) is 3. The van der Waals surface area contributed by atoms with Gasteiger partial charge in [-0.3, -0.25) is 9.69 Å². The first-order valence-corrected chi connectivity index (χ1v) is 11.7. The fraction of sp³-hybridized carbons (Fsp3) is 0.667. The van der Waals surface area contributed by atoms with Crippen molar-refractivity contribution in [2.45, 2.75) is 57.3 Å². The van der Waals surface area contributed by atoms with Gasteiger partial charge in [-0.1, -0.05) is 30.7 Å². The van der Waals surface area contributed by atoms with Crippen LogP contribution in [-0.2, 0) is 17.9 Å². The standard InChI is InChI=1S/C24H37N5O2/c1-28(2)23(31)14-26-24(27-22-12-17-7-8-18(22)11-17)25-13-19-5-3-4-6-20(19)15-29-10-9-21(30)16-29/h3-6,17-18,21-22,30H,7-16H2,1-2H3,(H2,25,26,27). The quantitative estimate of drug-likeness (QED) is 0.455. The number of hydrogen-bond donors (Lipinski definition) is 3. The number of aliphatic hydroxyl groups excluding tert-OH is 1. The number of aliphatic imine (C=N–C) groups is 1. The second-order valence-electron chi connectivity index (χ2n) is 9.68. The highest BCUT2D eigenvalue weighted by Gasteiger charge is 2.39. The molecule has 0 spiro atoms. The number of carbonyl (C=O) groups is 1. The summed E-state index contributed by atoms with van der Waals surface area (Å²) in [5.41, 5.74) is 2.45. The van der Waals surface area contributed by atoms with Gasteiger partial charge in [0.2, 0.25) is 5.91 Å². The first-order valence-electron chi connectivity index (χ1n) is 11.7. The Hall–Kier alpha value is -2.12. The predicted molar refractivity (Wildman–Crippen MR) is 123 cm³/mol. The van der Waals surface area contributed by atoms with Gasteiger partial charge >= 0.3 is 0 Å². The molecule has 2 bridgehead atoms. The highest BCUT2D eigenvalue weighted by molar-refractivity contribution is 5.86. The number of β-amino-alcohol motifs (C(OH)–C–C–N with tert-alkyl or cyclic N) is 1. The molecule has 4 unspecified atom stereocenters. The number of nitrogens with one attached hydrogen (secondary N) is 2. The van der Waals surface area contributed by atoms with Gasteiger partial charge in [0, 0.05) is 39.8 Å². The van der Waals surface area contributed by atoms with Crippen LogP contribution in [0.15, 0.2) is 29.3 Å². The van der Waals surface area contributed by atoms with Crippen molar-refractivity contribution < 1.29 is 9.90 Å². The van der Waals surface area contributed by atoms with E-state index in [0.29, 0.717) is 12.6 Å². The minimum absolute atomic E-state index is 0.0374. The Morgan fingerprint density at radius 2 is 2.00 bits per heavy atom. The van der Waals surface area contributed by atoms with Crippen LogP contribution in [0.3, 0.4) is 0 Å². The summed E-state index contributed by atoms with van der Waals surface area (Å²) >= 11 is 0. The summed E-state index contributed by atoms with van der Waals surface area (Å²) in [7, 11) is 3.55. The van der Waals surface area contributed by atoms with E-state index in [-0.39, 0.29) is 18.6 Å². The van der Waals surface area contributed by atoms with Gasteiger partial charge in [-0.25, -0.2) is 4.99 Å². The van der Waals surface area contributed by atoms with E-state index in [0.717, 1.165) is 43.9 Å². The minimum Gasteiger partial charge on any atom is -0.392 e. The van der Waals surface area contributed by atoms with Crippen molar-refractivity contribution in [1.82, 2.24) is 20.4 Å². The van der Waals surface area contributed by atoms with Gasteiger partial charge in [-0.2, -0.15) is 0 Å². The summed E-state index contributed by atoms with van der Waals surface area (Å²) in [6.45, 7) is 3.32. The molecule has 0 aromatic heterocycles. The molecular weight excluding hydrogens is 390 g/mol. The zero-order chi connectivity index (χ0) is 21.8. The number of benzene rings is 1. The SMILES string of the molecule is CN(C)C(=O)CNC(=NCc1ccccc1CN1CCC(O)C1)NC1CC2CCC1C2. The van der Waals surface area contributed by atoms with E-state index in [1.54, 1.807) is 19.0 Å². The first-order chi connectivity index (χ1) is 15.0. The molecule has 3 N–H and O–H groups in total. The van der Waals surface area contributed by atoms with Crippen molar-refractivity contribution in [3.8, 4) is 0 Å². The molecule has 1 aromatic rings. The van der Waals surface area contributed by atoms with Gasteiger partial charge in [0.1, 0.15) is 0 Å². The number of aliphatic hydroxyl groups is 1. The highest BCUT2D eigenvalue weighted by atomic mass is 16.3. The number of amides is 1.